The molecule has 0 bridgehead atoms. The molecule has 6 heteroatoms. The van der Waals surface area contributed by atoms with Gasteiger partial charge in [-0.25, -0.2) is 0 Å². The van der Waals surface area contributed by atoms with Crippen LogP contribution < -0.4 is 4.90 Å². The zero-order valence-electron chi connectivity index (χ0n) is 16.5. The van der Waals surface area contributed by atoms with E-state index in [1.807, 2.05) is 29.2 Å². The first kappa shape index (κ1) is 20.0. The zero-order valence-corrected chi connectivity index (χ0v) is 16.5. The van der Waals surface area contributed by atoms with Crippen LogP contribution in [0.3, 0.4) is 0 Å². The fourth-order valence-corrected chi connectivity index (χ4v) is 3.86. The van der Waals surface area contributed by atoms with Crippen LogP contribution in [0.4, 0.5) is 11.4 Å². The van der Waals surface area contributed by atoms with Crippen molar-refractivity contribution in [2.75, 3.05) is 18.0 Å². The molecule has 0 N–H and O–H groups in total. The van der Waals surface area contributed by atoms with Crippen molar-refractivity contribution in [1.82, 2.24) is 4.90 Å². The Kier molecular flexibility index (Phi) is 6.41. The Labute approximate surface area is 165 Å². The Morgan fingerprint density at radius 2 is 1.64 bits per heavy atom. The van der Waals surface area contributed by atoms with Gasteiger partial charge in [0, 0.05) is 50.4 Å². The molecule has 1 aliphatic rings. The number of carbonyl (C=O) groups excluding carboxylic acids is 1. The number of nitrogens with zero attached hydrogens (tertiary/aromatic N) is 3. The number of nitro groups is 1. The highest BCUT2D eigenvalue weighted by molar-refractivity contribution is 5.92. The first-order chi connectivity index (χ1) is 13.5. The summed E-state index contributed by atoms with van der Waals surface area (Å²) in [5.41, 5.74) is 3.43. The zero-order chi connectivity index (χ0) is 20.1. The highest BCUT2D eigenvalue weighted by Gasteiger charge is 2.27. The van der Waals surface area contributed by atoms with Crippen molar-refractivity contribution in [3.05, 3.63) is 69.8 Å². The number of amides is 1. The van der Waals surface area contributed by atoms with E-state index in [0.29, 0.717) is 0 Å². The van der Waals surface area contributed by atoms with Crippen LogP contribution in [0.25, 0.3) is 0 Å². The van der Waals surface area contributed by atoms with E-state index in [-0.39, 0.29) is 22.6 Å². The summed E-state index contributed by atoms with van der Waals surface area (Å²) in [6, 6.07) is 15.2. The van der Waals surface area contributed by atoms with Crippen molar-refractivity contribution in [3.8, 4) is 0 Å². The summed E-state index contributed by atoms with van der Waals surface area (Å²) < 4.78 is 0. The lowest BCUT2D eigenvalue weighted by molar-refractivity contribution is -0.384. The second kappa shape index (κ2) is 8.97. The van der Waals surface area contributed by atoms with E-state index < -0.39 is 0 Å². The maximum atomic E-state index is 12.3. The number of hydrogen-bond donors (Lipinski definition) is 0. The Bertz CT molecular complexity index is 810. The maximum absolute atomic E-state index is 12.3. The third-order valence-electron chi connectivity index (χ3n) is 5.44. The van der Waals surface area contributed by atoms with Crippen LogP contribution in [0.2, 0.25) is 0 Å². The second-order valence-corrected chi connectivity index (χ2v) is 7.34. The van der Waals surface area contributed by atoms with Crippen LogP contribution in [-0.2, 0) is 17.8 Å². The average Bonchev–Trinajstić information content (AvgIpc) is 2.70. The number of non-ortho nitro benzene ring substituents is 1. The molecular formula is C22H27N3O3. The largest absolute Gasteiger partial charge is 0.310 e. The number of anilines is 1. The minimum Gasteiger partial charge on any atom is -0.310 e. The monoisotopic (exact) mass is 381 g/mol. The molecule has 1 saturated heterocycles. The lowest BCUT2D eigenvalue weighted by Gasteiger charge is -2.38. The van der Waals surface area contributed by atoms with Crippen LogP contribution >= 0.6 is 0 Å². The topological polar surface area (TPSA) is 66.7 Å². The highest BCUT2D eigenvalue weighted by atomic mass is 16.6. The Morgan fingerprint density at radius 1 is 1.07 bits per heavy atom. The first-order valence-electron chi connectivity index (χ1n) is 9.82. The van der Waals surface area contributed by atoms with Gasteiger partial charge in [0.05, 0.1) is 4.92 Å². The van der Waals surface area contributed by atoms with Gasteiger partial charge in [-0.3, -0.25) is 19.8 Å². The fourth-order valence-electron chi connectivity index (χ4n) is 3.86. The van der Waals surface area contributed by atoms with E-state index >= 15 is 0 Å². The summed E-state index contributed by atoms with van der Waals surface area (Å²) >= 11 is 0. The van der Waals surface area contributed by atoms with Gasteiger partial charge in [-0.1, -0.05) is 31.2 Å². The summed E-state index contributed by atoms with van der Waals surface area (Å²) in [5, 5.41) is 10.8. The predicted molar refractivity (Wildman–Crippen MR) is 110 cm³/mol. The number of hydrogen-bond acceptors (Lipinski definition) is 4. The van der Waals surface area contributed by atoms with E-state index in [1.165, 1.54) is 5.56 Å². The number of rotatable bonds is 6. The summed E-state index contributed by atoms with van der Waals surface area (Å²) in [6.45, 7) is 6.34. The Hall–Kier alpha value is -2.73. The van der Waals surface area contributed by atoms with Gasteiger partial charge in [0.15, 0.2) is 0 Å². The van der Waals surface area contributed by atoms with Crippen molar-refractivity contribution in [2.45, 2.75) is 45.7 Å². The molecule has 0 spiro atoms. The third kappa shape index (κ3) is 4.75. The normalized spacial score (nSPS) is 15.4. The molecule has 0 aliphatic carbocycles. The molecule has 1 aliphatic heterocycles. The van der Waals surface area contributed by atoms with Crippen molar-refractivity contribution < 1.29 is 9.72 Å². The molecule has 0 saturated carbocycles. The van der Waals surface area contributed by atoms with Crippen molar-refractivity contribution in [1.29, 1.82) is 0 Å². The van der Waals surface area contributed by atoms with Crippen LogP contribution in [0.1, 0.15) is 37.8 Å². The standard InChI is InChI=1S/C22H27N3O3/c1-3-18-4-8-20(9-5-18)24(17(2)26)21-12-14-23(15-13-21)16-19-6-10-22(11-7-19)25(27)28/h4-11,21H,3,12-16H2,1-2H3. The highest BCUT2D eigenvalue weighted by Crippen LogP contribution is 2.25. The fraction of sp³-hybridized carbons (Fsp3) is 0.409. The van der Waals surface area contributed by atoms with Gasteiger partial charge in [0.2, 0.25) is 5.91 Å². The number of piperidine rings is 1. The molecule has 0 aromatic heterocycles. The van der Waals surface area contributed by atoms with Gasteiger partial charge in [0.25, 0.3) is 5.69 Å². The Morgan fingerprint density at radius 3 is 2.14 bits per heavy atom. The van der Waals surface area contributed by atoms with Crippen LogP contribution in [0.5, 0.6) is 0 Å². The Balaban J connectivity index is 1.60. The van der Waals surface area contributed by atoms with E-state index in [9.17, 15) is 14.9 Å². The number of nitro benzene ring substituents is 1. The average molecular weight is 381 g/mol. The lowest BCUT2D eigenvalue weighted by Crippen LogP contribution is -2.46. The van der Waals surface area contributed by atoms with E-state index in [2.05, 4.69) is 24.0 Å². The van der Waals surface area contributed by atoms with Gasteiger partial charge < -0.3 is 4.90 Å². The summed E-state index contributed by atoms with van der Waals surface area (Å²) in [6.07, 6.45) is 2.82. The third-order valence-corrected chi connectivity index (χ3v) is 5.44. The number of carbonyl (C=O) groups is 1. The molecule has 148 valence electrons. The van der Waals surface area contributed by atoms with Crippen LogP contribution in [0, 0.1) is 10.1 Å². The quantitative estimate of drug-likeness (QED) is 0.556. The van der Waals surface area contributed by atoms with E-state index in [0.717, 1.165) is 50.1 Å². The summed E-state index contributed by atoms with van der Waals surface area (Å²) in [7, 11) is 0. The van der Waals surface area contributed by atoms with E-state index in [4.69, 9.17) is 0 Å². The van der Waals surface area contributed by atoms with Gasteiger partial charge in [0.1, 0.15) is 0 Å². The lowest BCUT2D eigenvalue weighted by atomic mass is 10.0. The smallest absolute Gasteiger partial charge is 0.269 e. The number of likely N-dealkylation sites (tertiary alicyclic amines) is 1. The second-order valence-electron chi connectivity index (χ2n) is 7.34. The maximum Gasteiger partial charge on any atom is 0.269 e. The molecular weight excluding hydrogens is 354 g/mol. The van der Waals surface area contributed by atoms with Gasteiger partial charge in [-0.2, -0.15) is 0 Å². The molecule has 1 fully saturated rings. The summed E-state index contributed by atoms with van der Waals surface area (Å²) in [5.74, 6) is 0.0815. The molecule has 28 heavy (non-hydrogen) atoms. The molecule has 0 radical (unpaired) electrons. The van der Waals surface area contributed by atoms with Gasteiger partial charge in [-0.05, 0) is 42.5 Å². The number of benzene rings is 2. The molecule has 6 nitrogen and oxygen atoms in total. The summed E-state index contributed by atoms with van der Waals surface area (Å²) in [4.78, 5) is 27.0. The molecule has 0 unspecified atom stereocenters. The van der Waals surface area contributed by atoms with Crippen molar-refractivity contribution in [3.63, 3.8) is 0 Å². The molecule has 3 rings (SSSR count). The minimum atomic E-state index is -0.376. The number of aryl methyl sites for hydroxylation is 1. The van der Waals surface area contributed by atoms with Crippen LogP contribution in [-0.4, -0.2) is 34.9 Å². The molecule has 0 atom stereocenters. The van der Waals surface area contributed by atoms with Gasteiger partial charge in [-0.15, -0.1) is 0 Å². The minimum absolute atomic E-state index is 0.0815. The molecule has 2 aromatic rings. The predicted octanol–water partition coefficient (Wildman–Crippen LogP) is 4.17. The SMILES string of the molecule is CCc1ccc(N(C(C)=O)C2CCN(Cc3ccc([N+](=O)[O-])cc3)CC2)cc1. The van der Waals surface area contributed by atoms with Crippen LogP contribution in [0.15, 0.2) is 48.5 Å². The first-order valence-corrected chi connectivity index (χ1v) is 9.82. The molecule has 1 heterocycles. The van der Waals surface area contributed by atoms with Gasteiger partial charge >= 0.3 is 0 Å². The van der Waals surface area contributed by atoms with E-state index in [1.54, 1.807) is 19.1 Å². The van der Waals surface area contributed by atoms with Crippen molar-refractivity contribution in [2.24, 2.45) is 0 Å². The molecule has 2 aromatic carbocycles. The van der Waals surface area contributed by atoms with Crippen molar-refractivity contribution >= 4 is 17.3 Å². The molecule has 1 amide bonds.